The molecule has 3 N–H and O–H groups in total. The zero-order valence-corrected chi connectivity index (χ0v) is 12.9. The molecule has 0 spiro atoms. The molecule has 1 aromatic rings. The molecule has 8 heteroatoms. The Morgan fingerprint density at radius 2 is 2.40 bits per heavy atom. The summed E-state index contributed by atoms with van der Waals surface area (Å²) in [6.07, 6.45) is 3.15. The average Bonchev–Trinajstić information content (AvgIpc) is 2.47. The monoisotopic (exact) mass is 314 g/mol. The lowest BCUT2D eigenvalue weighted by molar-refractivity contribution is 0.579. The van der Waals surface area contributed by atoms with Crippen LogP contribution in [0.15, 0.2) is 18.5 Å². The van der Waals surface area contributed by atoms with E-state index in [1.807, 2.05) is 4.90 Å². The molecule has 0 aliphatic carbocycles. The smallest absolute Gasteiger partial charge is 0.171 e. The molecule has 1 unspecified atom stereocenters. The topological polar surface area (TPSA) is 100 Å². The maximum Gasteiger partial charge on any atom is 0.171 e. The standard InChI is InChI=1S/C12H18N4O2S2/c1-2-20(17,18)11-8-19-6-5-16(11)10-7-15-4-3-9(10)12(13)14/h3-4,7,11H,2,5-6,8H2,1H3,(H3,13,14). The molecule has 20 heavy (non-hydrogen) atoms. The van der Waals surface area contributed by atoms with Crippen molar-refractivity contribution in [3.63, 3.8) is 0 Å². The van der Waals surface area contributed by atoms with E-state index in [0.29, 0.717) is 23.5 Å². The van der Waals surface area contributed by atoms with Gasteiger partial charge in [-0.3, -0.25) is 10.4 Å². The quantitative estimate of drug-likeness (QED) is 0.626. The van der Waals surface area contributed by atoms with Gasteiger partial charge in [-0.1, -0.05) is 6.92 Å². The number of nitrogen functional groups attached to an aromatic ring is 1. The zero-order chi connectivity index (χ0) is 14.8. The lowest BCUT2D eigenvalue weighted by Crippen LogP contribution is -2.48. The first kappa shape index (κ1) is 15.1. The fourth-order valence-electron chi connectivity index (χ4n) is 2.19. The molecule has 1 aliphatic rings. The number of amidine groups is 1. The maximum atomic E-state index is 12.3. The van der Waals surface area contributed by atoms with Gasteiger partial charge in [0.25, 0.3) is 0 Å². The Bertz CT molecular complexity index is 603. The van der Waals surface area contributed by atoms with Crippen LogP contribution in [0.1, 0.15) is 12.5 Å². The maximum absolute atomic E-state index is 12.3. The number of nitrogens with one attached hydrogen (secondary N) is 1. The van der Waals surface area contributed by atoms with Gasteiger partial charge in [-0.2, -0.15) is 11.8 Å². The number of thioether (sulfide) groups is 1. The van der Waals surface area contributed by atoms with E-state index in [1.165, 1.54) is 0 Å². The highest BCUT2D eigenvalue weighted by atomic mass is 32.2. The van der Waals surface area contributed by atoms with Gasteiger partial charge < -0.3 is 10.6 Å². The molecular weight excluding hydrogens is 296 g/mol. The number of aromatic nitrogens is 1. The fraction of sp³-hybridized carbons (Fsp3) is 0.500. The summed E-state index contributed by atoms with van der Waals surface area (Å²) in [7, 11) is -3.20. The van der Waals surface area contributed by atoms with E-state index in [0.717, 1.165) is 5.75 Å². The normalized spacial score (nSPS) is 19.9. The van der Waals surface area contributed by atoms with Gasteiger partial charge in [-0.15, -0.1) is 0 Å². The molecule has 0 saturated carbocycles. The Morgan fingerprint density at radius 3 is 3.05 bits per heavy atom. The van der Waals surface area contributed by atoms with Crippen molar-refractivity contribution >= 4 is 33.1 Å². The molecule has 110 valence electrons. The van der Waals surface area contributed by atoms with E-state index in [2.05, 4.69) is 4.98 Å². The van der Waals surface area contributed by atoms with Crippen molar-refractivity contribution in [1.29, 1.82) is 5.41 Å². The minimum absolute atomic E-state index is 0.0757. The SMILES string of the molecule is CCS(=O)(=O)C1CSCCN1c1cnccc1C(=N)N. The molecule has 0 radical (unpaired) electrons. The number of nitrogens with zero attached hydrogens (tertiary/aromatic N) is 2. The second-order valence-corrected chi connectivity index (χ2v) is 8.08. The molecule has 2 rings (SSSR count). The van der Waals surface area contributed by atoms with Crippen LogP contribution in [0.2, 0.25) is 0 Å². The first-order chi connectivity index (χ1) is 9.47. The van der Waals surface area contributed by atoms with E-state index in [9.17, 15) is 8.42 Å². The van der Waals surface area contributed by atoms with Crippen LogP contribution in [0.4, 0.5) is 5.69 Å². The van der Waals surface area contributed by atoms with E-state index in [-0.39, 0.29) is 11.6 Å². The van der Waals surface area contributed by atoms with Crippen molar-refractivity contribution in [2.45, 2.75) is 12.3 Å². The largest absolute Gasteiger partial charge is 0.384 e. The van der Waals surface area contributed by atoms with Gasteiger partial charge >= 0.3 is 0 Å². The molecule has 1 aromatic heterocycles. The second kappa shape index (κ2) is 6.01. The molecule has 2 heterocycles. The van der Waals surface area contributed by atoms with Crippen molar-refractivity contribution in [1.82, 2.24) is 4.98 Å². The van der Waals surface area contributed by atoms with Crippen molar-refractivity contribution in [2.75, 3.05) is 28.7 Å². The van der Waals surface area contributed by atoms with E-state index >= 15 is 0 Å². The number of sulfone groups is 1. The first-order valence-electron chi connectivity index (χ1n) is 6.31. The van der Waals surface area contributed by atoms with Crippen LogP contribution in [0, 0.1) is 5.41 Å². The lowest BCUT2D eigenvalue weighted by atomic mass is 10.2. The summed E-state index contributed by atoms with van der Waals surface area (Å²) in [6, 6.07) is 1.65. The second-order valence-electron chi connectivity index (χ2n) is 4.48. The van der Waals surface area contributed by atoms with E-state index in [1.54, 1.807) is 37.1 Å². The molecule has 6 nitrogen and oxygen atoms in total. The molecule has 0 aromatic carbocycles. The third-order valence-electron chi connectivity index (χ3n) is 3.30. The summed E-state index contributed by atoms with van der Waals surface area (Å²) in [5, 5.41) is 7.05. The number of rotatable bonds is 4. The molecule has 1 atom stereocenters. The summed E-state index contributed by atoms with van der Waals surface area (Å²) in [6.45, 7) is 2.27. The zero-order valence-electron chi connectivity index (χ0n) is 11.2. The summed E-state index contributed by atoms with van der Waals surface area (Å²) < 4.78 is 24.5. The minimum Gasteiger partial charge on any atom is -0.384 e. The highest BCUT2D eigenvalue weighted by molar-refractivity contribution is 8.01. The van der Waals surface area contributed by atoms with Crippen LogP contribution in [0.5, 0.6) is 0 Å². The minimum atomic E-state index is -3.20. The predicted molar refractivity (Wildman–Crippen MR) is 83.2 cm³/mol. The Morgan fingerprint density at radius 1 is 1.65 bits per heavy atom. The average molecular weight is 314 g/mol. The highest BCUT2D eigenvalue weighted by Crippen LogP contribution is 2.29. The van der Waals surface area contributed by atoms with Crippen molar-refractivity contribution in [3.8, 4) is 0 Å². The van der Waals surface area contributed by atoms with Crippen molar-refractivity contribution < 1.29 is 8.42 Å². The van der Waals surface area contributed by atoms with Gasteiger partial charge in [0, 0.05) is 35.6 Å². The predicted octanol–water partition coefficient (Wildman–Crippen LogP) is 0.680. The molecule has 1 fully saturated rings. The summed E-state index contributed by atoms with van der Waals surface area (Å²) in [4.78, 5) is 5.87. The number of anilines is 1. The summed E-state index contributed by atoms with van der Waals surface area (Å²) in [5.41, 5.74) is 6.74. The highest BCUT2D eigenvalue weighted by Gasteiger charge is 2.34. The van der Waals surface area contributed by atoms with Crippen LogP contribution in [0.3, 0.4) is 0 Å². The number of hydrogen-bond acceptors (Lipinski definition) is 6. The third kappa shape index (κ3) is 2.90. The first-order valence-corrected chi connectivity index (χ1v) is 9.18. The Hall–Kier alpha value is -1.28. The van der Waals surface area contributed by atoms with Gasteiger partial charge in [-0.25, -0.2) is 8.42 Å². The van der Waals surface area contributed by atoms with Crippen molar-refractivity contribution in [2.24, 2.45) is 5.73 Å². The summed E-state index contributed by atoms with van der Waals surface area (Å²) >= 11 is 1.63. The van der Waals surface area contributed by atoms with Crippen molar-refractivity contribution in [3.05, 3.63) is 24.0 Å². The Balaban J connectivity index is 2.46. The third-order valence-corrected chi connectivity index (χ3v) is 6.59. The van der Waals surface area contributed by atoms with Gasteiger partial charge in [-0.05, 0) is 6.07 Å². The number of hydrogen-bond donors (Lipinski definition) is 2. The molecular formula is C12H18N4O2S2. The molecule has 1 aliphatic heterocycles. The molecule has 1 saturated heterocycles. The van der Waals surface area contributed by atoms with Crippen LogP contribution in [0.25, 0.3) is 0 Å². The van der Waals surface area contributed by atoms with Crippen LogP contribution >= 0.6 is 11.8 Å². The lowest BCUT2D eigenvalue weighted by Gasteiger charge is -2.37. The molecule has 0 amide bonds. The van der Waals surface area contributed by atoms with E-state index < -0.39 is 15.2 Å². The van der Waals surface area contributed by atoms with Crippen LogP contribution in [-0.2, 0) is 9.84 Å². The number of nitrogens with two attached hydrogens (primary N) is 1. The van der Waals surface area contributed by atoms with Gasteiger partial charge in [0.1, 0.15) is 11.2 Å². The van der Waals surface area contributed by atoms with Gasteiger partial charge in [0.15, 0.2) is 9.84 Å². The fourth-order valence-corrected chi connectivity index (χ4v) is 5.17. The number of pyridine rings is 1. The Labute approximate surface area is 123 Å². The van der Waals surface area contributed by atoms with Crippen LogP contribution in [-0.4, -0.2) is 48.4 Å². The van der Waals surface area contributed by atoms with Gasteiger partial charge in [0.05, 0.1) is 11.9 Å². The Kier molecular flexibility index (Phi) is 4.54. The van der Waals surface area contributed by atoms with Crippen LogP contribution < -0.4 is 10.6 Å². The van der Waals surface area contributed by atoms with E-state index in [4.69, 9.17) is 11.1 Å². The summed E-state index contributed by atoms with van der Waals surface area (Å²) in [5.74, 6) is 1.41. The molecule has 0 bridgehead atoms. The van der Waals surface area contributed by atoms with Gasteiger partial charge in [0.2, 0.25) is 0 Å².